The van der Waals surface area contributed by atoms with Crippen LogP contribution in [0.15, 0.2) is 29.0 Å². The largest absolute Gasteiger partial charge is 0.511 e. The molecule has 0 aliphatic heterocycles. The first kappa shape index (κ1) is 25.3. The maximum absolute atomic E-state index is 14.1. The van der Waals surface area contributed by atoms with Gasteiger partial charge in [0.15, 0.2) is 5.78 Å². The second kappa shape index (κ2) is 7.35. The number of carbonyl (C=O) groups is 4. The van der Waals surface area contributed by atoms with Gasteiger partial charge in [0.25, 0.3) is 5.91 Å². The molecule has 6 N–H and O–H groups in total. The second-order valence-corrected chi connectivity index (χ2v) is 12.0. The van der Waals surface area contributed by atoms with E-state index < -0.39 is 69.3 Å². The van der Waals surface area contributed by atoms with Gasteiger partial charge >= 0.3 is 0 Å². The van der Waals surface area contributed by atoms with Gasteiger partial charge in [-0.1, -0.05) is 25.5 Å². The monoisotopic (exact) mass is 531 g/mol. The molecule has 0 saturated heterocycles. The van der Waals surface area contributed by atoms with Crippen molar-refractivity contribution in [2.45, 2.75) is 64.4 Å². The highest BCUT2D eigenvalue weighted by atomic mass is 16.3. The summed E-state index contributed by atoms with van der Waals surface area (Å²) >= 11 is 0. The third kappa shape index (κ3) is 2.64. The summed E-state index contributed by atoms with van der Waals surface area (Å²) in [7, 11) is 0. The summed E-state index contributed by atoms with van der Waals surface area (Å²) in [5.74, 6) is -8.42. The standard InChI is InChI=1S/C30H29NO8/c1-11-8-15(32)19-17-13(10-29(22(11)17)12(2)6-5-7-28(29,3)4)18-21(24(19)35)26(37)30(39)14(23(18)34)9-16(33)20(25(30)36)27(31)38/h6,8,14,32-33,35,39H,5,7,9-10H2,1-4H3,(H2,31,38)/t14-,29+,30-/m1/s1. The lowest BCUT2D eigenvalue weighted by atomic mass is 9.53. The third-order valence-electron chi connectivity index (χ3n) is 9.89. The SMILES string of the molecule is CC1=CCCC(C)(C)[C@@]12Cc1c3c(c(O)c4c(O)cc(C)c2c14)C(=O)[C@]1(O)C(=O)C(C(N)=O)=C(O)C[C@@H]1C3=O. The average Bonchev–Trinajstić information content (AvgIpc) is 3.19. The summed E-state index contributed by atoms with van der Waals surface area (Å²) in [5, 5.41) is 44.9. The van der Waals surface area contributed by atoms with Gasteiger partial charge < -0.3 is 26.2 Å². The van der Waals surface area contributed by atoms with Crippen LogP contribution in [0.4, 0.5) is 0 Å². The Morgan fingerprint density at radius 2 is 1.69 bits per heavy atom. The van der Waals surface area contributed by atoms with E-state index in [0.717, 1.165) is 29.5 Å². The highest BCUT2D eigenvalue weighted by molar-refractivity contribution is 6.38. The number of rotatable bonds is 1. The lowest BCUT2D eigenvalue weighted by Gasteiger charge is -2.50. The summed E-state index contributed by atoms with van der Waals surface area (Å²) in [4.78, 5) is 53.3. The predicted molar refractivity (Wildman–Crippen MR) is 140 cm³/mol. The number of aliphatic hydroxyl groups excluding tert-OH is 1. The molecule has 0 bridgehead atoms. The molecule has 0 saturated carbocycles. The number of carbonyl (C=O) groups excluding carboxylic acids is 4. The number of amides is 1. The van der Waals surface area contributed by atoms with Crippen LogP contribution in [-0.2, 0) is 21.4 Å². The molecular formula is C30H29NO8. The summed E-state index contributed by atoms with van der Waals surface area (Å²) in [5.41, 5.74) is 2.79. The topological polar surface area (TPSA) is 175 Å². The van der Waals surface area contributed by atoms with E-state index in [1.807, 2.05) is 13.8 Å². The van der Waals surface area contributed by atoms with Crippen molar-refractivity contribution in [3.63, 3.8) is 0 Å². The van der Waals surface area contributed by atoms with Crippen LogP contribution in [-0.4, -0.2) is 49.3 Å². The van der Waals surface area contributed by atoms with Gasteiger partial charge in [-0.05, 0) is 66.7 Å². The molecule has 6 rings (SSSR count). The number of nitrogens with two attached hydrogens (primary N) is 1. The summed E-state index contributed by atoms with van der Waals surface area (Å²) in [6, 6.07) is 1.52. The van der Waals surface area contributed by atoms with E-state index >= 15 is 0 Å². The van der Waals surface area contributed by atoms with E-state index in [9.17, 15) is 39.6 Å². The summed E-state index contributed by atoms with van der Waals surface area (Å²) in [6.45, 7) is 8.16. The number of phenols is 2. The molecule has 9 heteroatoms. The van der Waals surface area contributed by atoms with Crippen LogP contribution in [0.3, 0.4) is 0 Å². The number of hydrogen-bond acceptors (Lipinski definition) is 8. The number of benzene rings is 2. The molecule has 9 nitrogen and oxygen atoms in total. The first-order valence-electron chi connectivity index (χ1n) is 12.9. The van der Waals surface area contributed by atoms with Crippen molar-refractivity contribution in [1.29, 1.82) is 0 Å². The predicted octanol–water partition coefficient (Wildman–Crippen LogP) is 3.12. The third-order valence-corrected chi connectivity index (χ3v) is 9.89. The van der Waals surface area contributed by atoms with E-state index in [1.54, 1.807) is 0 Å². The van der Waals surface area contributed by atoms with Crippen LogP contribution in [0.25, 0.3) is 10.8 Å². The Hall–Kier alpha value is -3.98. The van der Waals surface area contributed by atoms with Crippen LogP contribution >= 0.6 is 0 Å². The zero-order chi connectivity index (χ0) is 28.6. The van der Waals surface area contributed by atoms with Crippen LogP contribution < -0.4 is 5.73 Å². The van der Waals surface area contributed by atoms with Crippen molar-refractivity contribution in [3.05, 3.63) is 56.9 Å². The Balaban J connectivity index is 1.74. The minimum atomic E-state index is -3.04. The minimum absolute atomic E-state index is 0.0321. The van der Waals surface area contributed by atoms with Crippen LogP contribution in [0.1, 0.15) is 77.4 Å². The molecule has 4 aliphatic rings. The maximum Gasteiger partial charge on any atom is 0.255 e. The van der Waals surface area contributed by atoms with Crippen molar-refractivity contribution in [1.82, 2.24) is 0 Å². The van der Waals surface area contributed by atoms with Crippen molar-refractivity contribution < 1.29 is 39.6 Å². The van der Waals surface area contributed by atoms with Crippen LogP contribution in [0.2, 0.25) is 0 Å². The zero-order valence-corrected chi connectivity index (χ0v) is 22.1. The van der Waals surface area contributed by atoms with E-state index in [-0.39, 0.29) is 22.1 Å². The number of allylic oxidation sites excluding steroid dienone is 3. The normalized spacial score (nSPS) is 29.1. The molecule has 0 radical (unpaired) electrons. The number of Topliss-reactive ketones (excluding diaryl/α,β-unsaturated/α-hetero) is 3. The van der Waals surface area contributed by atoms with Crippen molar-refractivity contribution in [2.75, 3.05) is 0 Å². The van der Waals surface area contributed by atoms with Gasteiger partial charge in [-0.25, -0.2) is 0 Å². The number of aliphatic hydroxyl groups is 2. The van der Waals surface area contributed by atoms with E-state index in [4.69, 9.17) is 5.73 Å². The number of aryl methyl sites for hydroxylation is 1. The molecule has 0 heterocycles. The number of ketones is 3. The smallest absolute Gasteiger partial charge is 0.255 e. The van der Waals surface area contributed by atoms with Gasteiger partial charge in [0.05, 0.1) is 16.9 Å². The van der Waals surface area contributed by atoms with Gasteiger partial charge in [-0.15, -0.1) is 0 Å². The van der Waals surface area contributed by atoms with E-state index in [2.05, 4.69) is 19.9 Å². The van der Waals surface area contributed by atoms with Crippen molar-refractivity contribution in [2.24, 2.45) is 17.1 Å². The molecule has 4 aliphatic carbocycles. The van der Waals surface area contributed by atoms with Gasteiger partial charge in [-0.3, -0.25) is 19.2 Å². The Bertz CT molecular complexity index is 1690. The lowest BCUT2D eigenvalue weighted by molar-refractivity contribution is -0.136. The highest BCUT2D eigenvalue weighted by Crippen LogP contribution is 2.64. The summed E-state index contributed by atoms with van der Waals surface area (Å²) < 4.78 is 0. The Kier molecular flexibility index (Phi) is 4.77. The molecule has 202 valence electrons. The second-order valence-electron chi connectivity index (χ2n) is 12.0. The number of hydrogen-bond donors (Lipinski definition) is 5. The number of phenolic OH excluding ortho intramolecular Hbond substituents is 2. The molecule has 1 spiro atoms. The minimum Gasteiger partial charge on any atom is -0.511 e. The van der Waals surface area contributed by atoms with E-state index in [1.165, 1.54) is 6.07 Å². The Labute approximate surface area is 223 Å². The molecule has 1 amide bonds. The highest BCUT2D eigenvalue weighted by Gasteiger charge is 2.64. The molecule has 3 atom stereocenters. The first-order valence-corrected chi connectivity index (χ1v) is 12.9. The fourth-order valence-corrected chi connectivity index (χ4v) is 8.00. The Morgan fingerprint density at radius 3 is 2.31 bits per heavy atom. The molecule has 2 aromatic rings. The van der Waals surface area contributed by atoms with Crippen molar-refractivity contribution >= 4 is 34.0 Å². The van der Waals surface area contributed by atoms with Gasteiger partial charge in [0.2, 0.25) is 17.2 Å². The van der Waals surface area contributed by atoms with Crippen LogP contribution in [0.5, 0.6) is 11.5 Å². The average molecular weight is 532 g/mol. The van der Waals surface area contributed by atoms with Crippen LogP contribution in [0, 0.1) is 18.3 Å². The molecule has 2 aromatic carbocycles. The lowest BCUT2D eigenvalue weighted by Crippen LogP contribution is -2.62. The molecule has 39 heavy (non-hydrogen) atoms. The fourth-order valence-electron chi connectivity index (χ4n) is 8.00. The first-order chi connectivity index (χ1) is 18.1. The van der Waals surface area contributed by atoms with Gasteiger partial charge in [0.1, 0.15) is 22.8 Å². The van der Waals surface area contributed by atoms with Gasteiger partial charge in [-0.2, -0.15) is 0 Å². The quantitative estimate of drug-likeness (QED) is 0.212. The number of fused-ring (bicyclic) bond motifs is 4. The fraction of sp³-hybridized carbons (Fsp3) is 0.400. The summed E-state index contributed by atoms with van der Waals surface area (Å²) in [6.07, 6.45) is 3.51. The molecule has 0 unspecified atom stereocenters. The molecular weight excluding hydrogens is 502 g/mol. The number of primary amides is 1. The van der Waals surface area contributed by atoms with Gasteiger partial charge in [0, 0.05) is 17.4 Å². The zero-order valence-electron chi connectivity index (χ0n) is 22.1. The number of aromatic hydroxyl groups is 2. The Morgan fingerprint density at radius 1 is 1.03 bits per heavy atom. The molecule has 0 fully saturated rings. The van der Waals surface area contributed by atoms with E-state index in [0.29, 0.717) is 17.4 Å². The maximum atomic E-state index is 14.1. The molecule has 0 aromatic heterocycles. The van der Waals surface area contributed by atoms with Crippen molar-refractivity contribution in [3.8, 4) is 11.5 Å².